The zero-order valence-electron chi connectivity index (χ0n) is 19.0. The van der Waals surface area contributed by atoms with Crippen LogP contribution in [0.2, 0.25) is 0 Å². The van der Waals surface area contributed by atoms with Crippen molar-refractivity contribution in [2.24, 2.45) is 11.8 Å². The van der Waals surface area contributed by atoms with Crippen LogP contribution in [0.4, 0.5) is 4.79 Å². The predicted molar refractivity (Wildman–Crippen MR) is 116 cm³/mol. The largest absolute Gasteiger partial charge is 0.461 e. The fourth-order valence-corrected chi connectivity index (χ4v) is 3.60. The van der Waals surface area contributed by atoms with Crippen LogP contribution in [0, 0.1) is 11.8 Å². The van der Waals surface area contributed by atoms with Crippen molar-refractivity contribution in [3.05, 3.63) is 35.9 Å². The molecular formula is C24H35NO6. The molecule has 1 saturated carbocycles. The minimum atomic E-state index is -0.933. The molecule has 1 aliphatic heterocycles. The molecule has 31 heavy (non-hydrogen) atoms. The lowest BCUT2D eigenvalue weighted by Gasteiger charge is -2.31. The molecule has 0 radical (unpaired) electrons. The molecule has 1 aliphatic carbocycles. The fraction of sp³-hybridized carbons (Fsp3) is 0.667. The molecule has 1 saturated heterocycles. The van der Waals surface area contributed by atoms with Crippen LogP contribution in [0.25, 0.3) is 0 Å². The quantitative estimate of drug-likeness (QED) is 0.692. The number of carbonyl (C=O) groups is 2. The number of carbonyl (C=O) groups excluding carboxylic acids is 2. The van der Waals surface area contributed by atoms with Gasteiger partial charge in [-0.1, -0.05) is 30.3 Å². The number of hydrogen-bond donors (Lipinski definition) is 1. The Morgan fingerprint density at radius 1 is 1.16 bits per heavy atom. The maximum atomic E-state index is 12.8. The van der Waals surface area contributed by atoms with Crippen molar-refractivity contribution in [2.45, 2.75) is 70.8 Å². The molecule has 0 spiro atoms. The highest BCUT2D eigenvalue weighted by Gasteiger charge is 2.36. The van der Waals surface area contributed by atoms with Gasteiger partial charge in [0.05, 0.1) is 19.3 Å². The number of cyclic esters (lactones) is 1. The molecule has 7 nitrogen and oxygen atoms in total. The van der Waals surface area contributed by atoms with Gasteiger partial charge in [-0.25, -0.2) is 9.59 Å². The SMILES string of the molecule is C[C@@H]1OC(=O)[C@@H](NC(=O)OC(C)(C)C)COC[C@H](OCC2CC2)[C@H]1Cc1ccccc1. The van der Waals surface area contributed by atoms with Crippen molar-refractivity contribution in [2.75, 3.05) is 19.8 Å². The number of nitrogens with one attached hydrogen (secondary N) is 1. The molecule has 7 heteroatoms. The van der Waals surface area contributed by atoms with E-state index in [0.717, 1.165) is 5.56 Å². The van der Waals surface area contributed by atoms with E-state index in [4.69, 9.17) is 18.9 Å². The Kier molecular flexibility index (Phi) is 7.94. The molecule has 2 fully saturated rings. The van der Waals surface area contributed by atoms with E-state index in [2.05, 4.69) is 17.4 Å². The number of alkyl carbamates (subject to hydrolysis) is 1. The fourth-order valence-electron chi connectivity index (χ4n) is 3.60. The molecular weight excluding hydrogens is 398 g/mol. The Hall–Kier alpha value is -2.12. The van der Waals surface area contributed by atoms with E-state index in [9.17, 15) is 9.59 Å². The van der Waals surface area contributed by atoms with Crippen molar-refractivity contribution in [1.82, 2.24) is 5.32 Å². The van der Waals surface area contributed by atoms with Gasteiger partial charge in [-0.2, -0.15) is 0 Å². The van der Waals surface area contributed by atoms with Gasteiger partial charge < -0.3 is 24.3 Å². The van der Waals surface area contributed by atoms with Gasteiger partial charge >= 0.3 is 12.1 Å². The smallest absolute Gasteiger partial charge is 0.408 e. The third-order valence-corrected chi connectivity index (χ3v) is 5.48. The molecule has 4 atom stereocenters. The van der Waals surface area contributed by atoms with Crippen molar-refractivity contribution < 1.29 is 28.5 Å². The summed E-state index contributed by atoms with van der Waals surface area (Å²) in [5.74, 6) is 0.0223. The van der Waals surface area contributed by atoms with Gasteiger partial charge in [0.1, 0.15) is 11.7 Å². The van der Waals surface area contributed by atoms with Gasteiger partial charge in [0, 0.05) is 12.5 Å². The van der Waals surface area contributed by atoms with Crippen molar-refractivity contribution >= 4 is 12.1 Å². The molecule has 1 amide bonds. The molecule has 2 aliphatic rings. The summed E-state index contributed by atoms with van der Waals surface area (Å²) in [4.78, 5) is 25.0. The third-order valence-electron chi connectivity index (χ3n) is 5.48. The third kappa shape index (κ3) is 7.82. The van der Waals surface area contributed by atoms with Gasteiger partial charge in [-0.3, -0.25) is 0 Å². The van der Waals surface area contributed by atoms with E-state index in [1.54, 1.807) is 20.8 Å². The lowest BCUT2D eigenvalue weighted by Crippen LogP contribution is -2.47. The molecule has 172 valence electrons. The zero-order valence-corrected chi connectivity index (χ0v) is 19.0. The molecule has 0 aromatic heterocycles. The second-order valence-corrected chi connectivity index (χ2v) is 9.55. The number of rotatable bonds is 6. The maximum absolute atomic E-state index is 12.8. The first-order valence-electron chi connectivity index (χ1n) is 11.1. The number of amides is 1. The summed E-state index contributed by atoms with van der Waals surface area (Å²) < 4.78 is 23.2. The van der Waals surface area contributed by atoms with E-state index in [1.807, 2.05) is 25.1 Å². The number of hydrogen-bond acceptors (Lipinski definition) is 6. The average Bonchev–Trinajstić information content (AvgIpc) is 3.51. The highest BCUT2D eigenvalue weighted by Crippen LogP contribution is 2.31. The Bertz CT molecular complexity index is 727. The monoisotopic (exact) mass is 433 g/mol. The van der Waals surface area contributed by atoms with Gasteiger partial charge in [0.25, 0.3) is 0 Å². The Morgan fingerprint density at radius 2 is 1.87 bits per heavy atom. The molecule has 1 aromatic carbocycles. The van der Waals surface area contributed by atoms with E-state index < -0.39 is 29.8 Å². The topological polar surface area (TPSA) is 83.1 Å². The molecule has 1 heterocycles. The lowest BCUT2D eigenvalue weighted by atomic mass is 9.89. The summed E-state index contributed by atoms with van der Waals surface area (Å²) in [7, 11) is 0. The predicted octanol–water partition coefficient (Wildman–Crippen LogP) is 3.50. The first kappa shape index (κ1) is 23.5. The lowest BCUT2D eigenvalue weighted by molar-refractivity contribution is -0.155. The second-order valence-electron chi connectivity index (χ2n) is 9.55. The van der Waals surface area contributed by atoms with E-state index in [-0.39, 0.29) is 18.6 Å². The number of ether oxygens (including phenoxy) is 4. The van der Waals surface area contributed by atoms with Gasteiger partial charge in [0.2, 0.25) is 0 Å². The van der Waals surface area contributed by atoms with E-state index in [1.165, 1.54) is 12.8 Å². The maximum Gasteiger partial charge on any atom is 0.408 e. The normalized spacial score (nSPS) is 27.4. The first-order chi connectivity index (χ1) is 14.7. The van der Waals surface area contributed by atoms with Gasteiger partial charge in [0.15, 0.2) is 6.04 Å². The van der Waals surface area contributed by atoms with Crippen LogP contribution in [0.3, 0.4) is 0 Å². The summed E-state index contributed by atoms with van der Waals surface area (Å²) in [6.07, 6.45) is 1.82. The Balaban J connectivity index is 1.71. The van der Waals surface area contributed by atoms with E-state index >= 15 is 0 Å². The van der Waals surface area contributed by atoms with Crippen LogP contribution in [0.1, 0.15) is 46.1 Å². The highest BCUT2D eigenvalue weighted by molar-refractivity contribution is 5.81. The summed E-state index contributed by atoms with van der Waals surface area (Å²) in [6, 6.07) is 9.17. The Morgan fingerprint density at radius 3 is 2.52 bits per heavy atom. The number of benzene rings is 1. The second kappa shape index (κ2) is 10.5. The van der Waals surface area contributed by atoms with Crippen LogP contribution in [0.15, 0.2) is 30.3 Å². The van der Waals surface area contributed by atoms with E-state index in [0.29, 0.717) is 25.6 Å². The zero-order chi connectivity index (χ0) is 22.4. The summed E-state index contributed by atoms with van der Waals surface area (Å²) in [5, 5.41) is 2.58. The summed E-state index contributed by atoms with van der Waals surface area (Å²) in [6.45, 7) is 8.21. The molecule has 0 unspecified atom stereocenters. The average molecular weight is 434 g/mol. The Labute approximate surface area is 184 Å². The van der Waals surface area contributed by atoms with Gasteiger partial charge in [-0.15, -0.1) is 0 Å². The van der Waals surface area contributed by atoms with Crippen LogP contribution in [-0.2, 0) is 30.2 Å². The molecule has 1 aromatic rings. The number of esters is 1. The van der Waals surface area contributed by atoms with Gasteiger partial charge in [-0.05, 0) is 58.4 Å². The molecule has 0 bridgehead atoms. The highest BCUT2D eigenvalue weighted by atomic mass is 16.6. The van der Waals surface area contributed by atoms with Crippen LogP contribution >= 0.6 is 0 Å². The van der Waals surface area contributed by atoms with Crippen LogP contribution < -0.4 is 5.32 Å². The standard InChI is InChI=1S/C24H35NO6/c1-16-19(12-17-8-6-5-7-9-17)21(29-13-18-10-11-18)15-28-14-20(22(26)30-16)25-23(27)31-24(2,3)4/h5-9,16,18-21H,10-15H2,1-4H3,(H,25,27)/t16-,19-,20-,21-/m0/s1. The first-order valence-corrected chi connectivity index (χ1v) is 11.1. The minimum absolute atomic E-state index is 0.00609. The van der Waals surface area contributed by atoms with Crippen molar-refractivity contribution in [3.63, 3.8) is 0 Å². The van der Waals surface area contributed by atoms with Crippen LogP contribution in [0.5, 0.6) is 0 Å². The van der Waals surface area contributed by atoms with Crippen molar-refractivity contribution in [1.29, 1.82) is 0 Å². The summed E-state index contributed by atoms with van der Waals surface area (Å²) in [5.41, 5.74) is 0.487. The minimum Gasteiger partial charge on any atom is -0.461 e. The summed E-state index contributed by atoms with van der Waals surface area (Å²) >= 11 is 0. The van der Waals surface area contributed by atoms with Crippen molar-refractivity contribution in [3.8, 4) is 0 Å². The van der Waals surface area contributed by atoms with Crippen LogP contribution in [-0.4, -0.2) is 55.7 Å². The molecule has 1 N–H and O–H groups in total. The molecule has 3 rings (SSSR count).